The van der Waals surface area contributed by atoms with Crippen LogP contribution in [0, 0.1) is 10.1 Å². The number of benzene rings is 2. The van der Waals surface area contributed by atoms with E-state index in [-0.39, 0.29) is 6.61 Å². The van der Waals surface area contributed by atoms with E-state index in [1.165, 1.54) is 6.08 Å². The summed E-state index contributed by atoms with van der Waals surface area (Å²) in [5, 5.41) is 12.9. The average Bonchev–Trinajstić information content (AvgIpc) is 2.44. The van der Waals surface area contributed by atoms with Crippen molar-refractivity contribution < 1.29 is 14.5 Å². The highest BCUT2D eigenvalue weighted by molar-refractivity contribution is 5.92. The van der Waals surface area contributed by atoms with E-state index in [4.69, 9.17) is 0 Å². The van der Waals surface area contributed by atoms with Crippen molar-refractivity contribution in [2.45, 2.75) is 6.92 Å². The molecule has 0 amide bonds. The van der Waals surface area contributed by atoms with Gasteiger partial charge in [-0.05, 0) is 29.3 Å². The predicted molar refractivity (Wildman–Crippen MR) is 75.6 cm³/mol. The minimum atomic E-state index is -0.925. The van der Waals surface area contributed by atoms with E-state index in [1.54, 1.807) is 19.1 Å². The van der Waals surface area contributed by atoms with Gasteiger partial charge in [-0.3, -0.25) is 10.1 Å². The maximum Gasteiger partial charge on any atom is 0.409 e. The first-order valence-corrected chi connectivity index (χ1v) is 6.14. The van der Waals surface area contributed by atoms with Crippen molar-refractivity contribution in [3.05, 3.63) is 63.8 Å². The van der Waals surface area contributed by atoms with Gasteiger partial charge in [-0.2, -0.15) is 0 Å². The lowest BCUT2D eigenvalue weighted by atomic mass is 10.1. The number of esters is 1. The summed E-state index contributed by atoms with van der Waals surface area (Å²) in [6.07, 6.45) is 1.23. The standard InChI is InChI=1S/C15H13NO4/c1-2-20-15(17)14(16(18)19)10-11-7-8-12-5-3-4-6-13(12)9-11/h3-10H,2H2,1H3. The number of rotatable bonds is 4. The number of hydrogen-bond donors (Lipinski definition) is 0. The third kappa shape index (κ3) is 3.00. The molecule has 2 aromatic rings. The quantitative estimate of drug-likeness (QED) is 0.371. The van der Waals surface area contributed by atoms with Crippen molar-refractivity contribution in [1.82, 2.24) is 0 Å². The highest BCUT2D eigenvalue weighted by Crippen LogP contribution is 2.18. The topological polar surface area (TPSA) is 69.4 Å². The summed E-state index contributed by atoms with van der Waals surface area (Å²) >= 11 is 0. The van der Waals surface area contributed by atoms with Crippen LogP contribution in [0.5, 0.6) is 0 Å². The monoisotopic (exact) mass is 271 g/mol. The summed E-state index contributed by atoms with van der Waals surface area (Å²) < 4.78 is 4.68. The Morgan fingerprint density at radius 1 is 1.25 bits per heavy atom. The molecule has 102 valence electrons. The number of fused-ring (bicyclic) bond motifs is 1. The molecule has 2 rings (SSSR count). The van der Waals surface area contributed by atoms with Gasteiger partial charge in [0.05, 0.1) is 11.5 Å². The molecule has 0 saturated heterocycles. The minimum absolute atomic E-state index is 0.0989. The third-order valence-electron chi connectivity index (χ3n) is 2.76. The lowest BCUT2D eigenvalue weighted by Crippen LogP contribution is -2.14. The number of ether oxygens (including phenoxy) is 1. The van der Waals surface area contributed by atoms with Gasteiger partial charge in [-0.25, -0.2) is 4.79 Å². The number of carbonyl (C=O) groups excluding carboxylic acids is 1. The molecular weight excluding hydrogens is 258 g/mol. The molecule has 0 aliphatic rings. The molecule has 0 aliphatic carbocycles. The molecule has 0 unspecified atom stereocenters. The van der Waals surface area contributed by atoms with Crippen LogP contribution in [0.15, 0.2) is 48.2 Å². The van der Waals surface area contributed by atoms with Crippen LogP contribution >= 0.6 is 0 Å². The molecule has 0 saturated carbocycles. The van der Waals surface area contributed by atoms with Crippen LogP contribution in [0.3, 0.4) is 0 Å². The Labute approximate surface area is 115 Å². The van der Waals surface area contributed by atoms with Crippen LogP contribution in [0.2, 0.25) is 0 Å². The van der Waals surface area contributed by atoms with Crippen LogP contribution in [-0.4, -0.2) is 17.5 Å². The fourth-order valence-corrected chi connectivity index (χ4v) is 1.85. The van der Waals surface area contributed by atoms with E-state index in [0.717, 1.165) is 10.8 Å². The molecule has 20 heavy (non-hydrogen) atoms. The van der Waals surface area contributed by atoms with E-state index in [0.29, 0.717) is 5.56 Å². The second-order valence-corrected chi connectivity index (χ2v) is 4.11. The molecule has 0 spiro atoms. The highest BCUT2D eigenvalue weighted by Gasteiger charge is 2.23. The maximum absolute atomic E-state index is 11.5. The van der Waals surface area contributed by atoms with Crippen LogP contribution in [0.1, 0.15) is 12.5 Å². The predicted octanol–water partition coefficient (Wildman–Crippen LogP) is 3.02. The molecule has 0 fully saturated rings. The van der Waals surface area contributed by atoms with Gasteiger partial charge in [0.15, 0.2) is 0 Å². The summed E-state index contributed by atoms with van der Waals surface area (Å²) in [4.78, 5) is 21.7. The third-order valence-corrected chi connectivity index (χ3v) is 2.76. The first kappa shape index (κ1) is 13.7. The summed E-state index contributed by atoms with van der Waals surface area (Å²) in [5.41, 5.74) is 0.0191. The zero-order valence-electron chi connectivity index (χ0n) is 10.9. The molecule has 0 N–H and O–H groups in total. The van der Waals surface area contributed by atoms with Gasteiger partial charge in [0.25, 0.3) is 0 Å². The van der Waals surface area contributed by atoms with Crippen molar-refractivity contribution in [1.29, 1.82) is 0 Å². The molecule has 0 heterocycles. The van der Waals surface area contributed by atoms with E-state index in [9.17, 15) is 14.9 Å². The van der Waals surface area contributed by atoms with E-state index in [2.05, 4.69) is 4.74 Å². The molecule has 0 atom stereocenters. The van der Waals surface area contributed by atoms with Crippen LogP contribution in [0.25, 0.3) is 16.8 Å². The van der Waals surface area contributed by atoms with E-state index < -0.39 is 16.6 Å². The van der Waals surface area contributed by atoms with Gasteiger partial charge in [-0.1, -0.05) is 36.4 Å². The average molecular weight is 271 g/mol. The van der Waals surface area contributed by atoms with E-state index in [1.807, 2.05) is 30.3 Å². The van der Waals surface area contributed by atoms with E-state index >= 15 is 0 Å². The maximum atomic E-state index is 11.5. The first-order valence-electron chi connectivity index (χ1n) is 6.14. The van der Waals surface area contributed by atoms with Gasteiger partial charge in [0.2, 0.25) is 0 Å². The molecule has 2 aromatic carbocycles. The first-order chi connectivity index (χ1) is 9.61. The smallest absolute Gasteiger partial charge is 0.409 e. The van der Waals surface area contributed by atoms with Crippen LogP contribution < -0.4 is 0 Å². The van der Waals surface area contributed by atoms with Crippen molar-refractivity contribution >= 4 is 22.8 Å². The number of nitrogens with zero attached hydrogens (tertiary/aromatic N) is 1. The number of hydrogen-bond acceptors (Lipinski definition) is 4. The Morgan fingerprint density at radius 3 is 2.60 bits per heavy atom. The van der Waals surface area contributed by atoms with Crippen LogP contribution in [-0.2, 0) is 9.53 Å². The molecule has 0 aromatic heterocycles. The Balaban J connectivity index is 2.42. The van der Waals surface area contributed by atoms with Gasteiger partial charge < -0.3 is 4.74 Å². The second-order valence-electron chi connectivity index (χ2n) is 4.11. The zero-order valence-corrected chi connectivity index (χ0v) is 10.9. The molecule has 5 heteroatoms. The molecule has 0 radical (unpaired) electrons. The fraction of sp³-hybridized carbons (Fsp3) is 0.133. The summed E-state index contributed by atoms with van der Waals surface area (Å²) in [6, 6.07) is 13.0. The number of carbonyl (C=O) groups is 1. The molecule has 0 bridgehead atoms. The van der Waals surface area contributed by atoms with Gasteiger partial charge >= 0.3 is 11.7 Å². The fourth-order valence-electron chi connectivity index (χ4n) is 1.85. The Morgan fingerprint density at radius 2 is 1.95 bits per heavy atom. The lowest BCUT2D eigenvalue weighted by molar-refractivity contribution is -0.419. The van der Waals surface area contributed by atoms with Gasteiger partial charge in [-0.15, -0.1) is 0 Å². The second kappa shape index (κ2) is 5.97. The van der Waals surface area contributed by atoms with Crippen molar-refractivity contribution in [2.75, 3.05) is 6.61 Å². The Bertz CT molecular complexity index is 691. The summed E-state index contributed by atoms with van der Waals surface area (Å²) in [6.45, 7) is 1.70. The zero-order chi connectivity index (χ0) is 14.5. The van der Waals surface area contributed by atoms with Gasteiger partial charge in [0, 0.05) is 6.08 Å². The van der Waals surface area contributed by atoms with Crippen LogP contribution in [0.4, 0.5) is 0 Å². The summed E-state index contributed by atoms with van der Waals surface area (Å²) in [7, 11) is 0. The minimum Gasteiger partial charge on any atom is -0.458 e. The highest BCUT2D eigenvalue weighted by atomic mass is 16.6. The van der Waals surface area contributed by atoms with Crippen molar-refractivity contribution in [3.63, 3.8) is 0 Å². The molecule has 0 aliphatic heterocycles. The van der Waals surface area contributed by atoms with Crippen molar-refractivity contribution in [3.8, 4) is 0 Å². The Kier molecular flexibility index (Phi) is 4.10. The van der Waals surface area contributed by atoms with Crippen molar-refractivity contribution in [2.24, 2.45) is 0 Å². The number of nitro groups is 1. The van der Waals surface area contributed by atoms with Gasteiger partial charge in [0.1, 0.15) is 0 Å². The SMILES string of the molecule is CCOC(=O)C(=Cc1ccc2ccccc2c1)[N+](=O)[O-]. The molecule has 5 nitrogen and oxygen atoms in total. The largest absolute Gasteiger partial charge is 0.458 e. The lowest BCUT2D eigenvalue weighted by Gasteiger charge is -2.01. The summed E-state index contributed by atoms with van der Waals surface area (Å²) in [5.74, 6) is -0.925. The Hall–Kier alpha value is -2.69. The normalized spacial score (nSPS) is 11.3. The molecular formula is C15H13NO4.